The molecule has 0 fully saturated rings. The summed E-state index contributed by atoms with van der Waals surface area (Å²) in [7, 11) is 0. The average Bonchev–Trinajstić information content (AvgIpc) is 2.77. The molecule has 3 rings (SSSR count). The summed E-state index contributed by atoms with van der Waals surface area (Å²) in [6.45, 7) is 2.83. The van der Waals surface area contributed by atoms with E-state index in [-0.39, 0.29) is 17.4 Å². The van der Waals surface area contributed by atoms with E-state index in [2.05, 4.69) is 4.74 Å². The van der Waals surface area contributed by atoms with Crippen LogP contribution in [0.5, 0.6) is 23.0 Å². The van der Waals surface area contributed by atoms with Crippen molar-refractivity contribution in [2.24, 2.45) is 0 Å². The highest BCUT2D eigenvalue weighted by Gasteiger charge is 2.19. The number of carbonyl (C=O) groups is 1. The van der Waals surface area contributed by atoms with Crippen LogP contribution in [0.1, 0.15) is 25.0 Å². The molecule has 6 nitrogen and oxygen atoms in total. The third-order valence-corrected chi connectivity index (χ3v) is 4.60. The van der Waals surface area contributed by atoms with Crippen molar-refractivity contribution in [1.29, 1.82) is 0 Å². The maximum Gasteiger partial charge on any atom is 0.387 e. The molecule has 1 aliphatic heterocycles. The molecule has 166 valence electrons. The fourth-order valence-electron chi connectivity index (χ4n) is 3.17. The quantitative estimate of drug-likeness (QED) is 0.545. The van der Waals surface area contributed by atoms with Crippen LogP contribution in [0, 0.1) is 0 Å². The van der Waals surface area contributed by atoms with Crippen molar-refractivity contribution in [2.45, 2.75) is 27.0 Å². The van der Waals surface area contributed by atoms with Crippen LogP contribution in [0.25, 0.3) is 6.08 Å². The Morgan fingerprint density at radius 1 is 1.16 bits per heavy atom. The average molecular weight is 433 g/mol. The first kappa shape index (κ1) is 22.4. The number of para-hydroxylation sites is 1. The molecule has 1 amide bonds. The zero-order valence-electron chi connectivity index (χ0n) is 17.5. The Hall–Kier alpha value is -3.29. The monoisotopic (exact) mass is 433 g/mol. The molecule has 2 aromatic carbocycles. The van der Waals surface area contributed by atoms with Crippen LogP contribution < -0.4 is 18.9 Å². The lowest BCUT2D eigenvalue weighted by molar-refractivity contribution is -0.126. The number of alkyl halides is 2. The fraction of sp³-hybridized carbons (Fsp3) is 0.348. The first-order valence-corrected chi connectivity index (χ1v) is 10.1. The van der Waals surface area contributed by atoms with E-state index in [0.29, 0.717) is 50.0 Å². The van der Waals surface area contributed by atoms with Gasteiger partial charge in [0.25, 0.3) is 0 Å². The summed E-state index contributed by atoms with van der Waals surface area (Å²) in [5.74, 6) is 1.30. The number of benzene rings is 2. The highest BCUT2D eigenvalue weighted by molar-refractivity contribution is 5.91. The molecule has 0 saturated carbocycles. The second kappa shape index (κ2) is 10.7. The van der Waals surface area contributed by atoms with E-state index < -0.39 is 6.61 Å². The smallest absolute Gasteiger partial charge is 0.387 e. The van der Waals surface area contributed by atoms with Gasteiger partial charge in [-0.3, -0.25) is 4.79 Å². The molecule has 2 aromatic rings. The van der Waals surface area contributed by atoms with Crippen molar-refractivity contribution in [3.05, 3.63) is 53.6 Å². The number of rotatable bonds is 9. The van der Waals surface area contributed by atoms with Gasteiger partial charge in [-0.25, -0.2) is 0 Å². The Morgan fingerprint density at radius 3 is 2.71 bits per heavy atom. The number of ether oxygens (including phenoxy) is 4. The molecule has 0 aliphatic carbocycles. The molecule has 0 N–H and O–H groups in total. The van der Waals surface area contributed by atoms with Crippen LogP contribution >= 0.6 is 0 Å². The first-order chi connectivity index (χ1) is 15.0. The molecular weight excluding hydrogens is 408 g/mol. The minimum Gasteiger partial charge on any atom is -0.490 e. The predicted molar refractivity (Wildman–Crippen MR) is 112 cm³/mol. The van der Waals surface area contributed by atoms with Crippen molar-refractivity contribution < 1.29 is 32.5 Å². The van der Waals surface area contributed by atoms with E-state index in [9.17, 15) is 13.6 Å². The van der Waals surface area contributed by atoms with E-state index in [1.165, 1.54) is 12.1 Å². The molecule has 8 heteroatoms. The van der Waals surface area contributed by atoms with E-state index in [1.807, 2.05) is 25.1 Å². The maximum absolute atomic E-state index is 12.8. The van der Waals surface area contributed by atoms with Crippen molar-refractivity contribution in [3.8, 4) is 23.0 Å². The van der Waals surface area contributed by atoms with Gasteiger partial charge >= 0.3 is 6.61 Å². The van der Waals surface area contributed by atoms with E-state index in [0.717, 1.165) is 5.56 Å². The first-order valence-electron chi connectivity index (χ1n) is 10.1. The topological polar surface area (TPSA) is 57.2 Å². The van der Waals surface area contributed by atoms with Gasteiger partial charge in [-0.1, -0.05) is 18.2 Å². The fourth-order valence-corrected chi connectivity index (χ4v) is 3.17. The van der Waals surface area contributed by atoms with E-state index in [4.69, 9.17) is 14.2 Å². The standard InChI is InChI=1S/C23H25F2NO5/c1-3-26(15-17-6-5-7-19-22(17)30-13-12-29-19)21(27)11-9-16-8-10-18(31-23(24)25)20(14-16)28-4-2/h5-11,14,23H,3-4,12-13,15H2,1-2H3/b11-9+. The maximum atomic E-state index is 12.8. The Morgan fingerprint density at radius 2 is 1.97 bits per heavy atom. The highest BCUT2D eigenvalue weighted by atomic mass is 19.3. The van der Waals surface area contributed by atoms with Crippen LogP contribution in [0.2, 0.25) is 0 Å². The van der Waals surface area contributed by atoms with E-state index >= 15 is 0 Å². The summed E-state index contributed by atoms with van der Waals surface area (Å²) in [6.07, 6.45) is 3.05. The van der Waals surface area contributed by atoms with Crippen molar-refractivity contribution in [1.82, 2.24) is 4.90 Å². The Bertz CT molecular complexity index is 932. The second-order valence-electron chi connectivity index (χ2n) is 6.64. The van der Waals surface area contributed by atoms with Gasteiger partial charge in [0.1, 0.15) is 13.2 Å². The zero-order chi connectivity index (χ0) is 22.2. The SMILES string of the molecule is CCOc1cc(/C=C/C(=O)N(CC)Cc2cccc3c2OCCO3)ccc1OC(F)F. The Kier molecular flexibility index (Phi) is 7.70. The molecular formula is C23H25F2NO5. The van der Waals surface area contributed by atoms with Gasteiger partial charge in [-0.05, 0) is 43.7 Å². The predicted octanol–water partition coefficient (Wildman–Crippen LogP) is 4.52. The summed E-state index contributed by atoms with van der Waals surface area (Å²) in [6, 6.07) is 10.2. The van der Waals surface area contributed by atoms with Gasteiger partial charge < -0.3 is 23.8 Å². The third-order valence-electron chi connectivity index (χ3n) is 4.60. The molecule has 0 aromatic heterocycles. The molecule has 0 bridgehead atoms. The molecule has 1 aliphatic rings. The third kappa shape index (κ3) is 5.87. The minimum absolute atomic E-state index is 0.0495. The summed E-state index contributed by atoms with van der Waals surface area (Å²) >= 11 is 0. The molecule has 0 atom stereocenters. The van der Waals surface area contributed by atoms with E-state index in [1.54, 1.807) is 30.0 Å². The van der Waals surface area contributed by atoms with Crippen LogP contribution in [0.4, 0.5) is 8.78 Å². The number of fused-ring (bicyclic) bond motifs is 1. The number of halogens is 2. The zero-order valence-corrected chi connectivity index (χ0v) is 17.5. The number of hydrogen-bond acceptors (Lipinski definition) is 5. The molecule has 31 heavy (non-hydrogen) atoms. The summed E-state index contributed by atoms with van der Waals surface area (Å²) < 4.78 is 46.3. The molecule has 0 radical (unpaired) electrons. The van der Waals surface area contributed by atoms with Gasteiger partial charge in [0, 0.05) is 24.7 Å². The number of amides is 1. The van der Waals surface area contributed by atoms with Crippen molar-refractivity contribution in [2.75, 3.05) is 26.4 Å². The van der Waals surface area contributed by atoms with Crippen molar-refractivity contribution >= 4 is 12.0 Å². The number of carbonyl (C=O) groups excluding carboxylic acids is 1. The lowest BCUT2D eigenvalue weighted by atomic mass is 10.1. The Balaban J connectivity index is 1.73. The van der Waals surface area contributed by atoms with Gasteiger partial charge in [0.2, 0.25) is 5.91 Å². The summed E-state index contributed by atoms with van der Waals surface area (Å²) in [4.78, 5) is 14.4. The van der Waals surface area contributed by atoms with Crippen LogP contribution in [0.3, 0.4) is 0 Å². The number of likely N-dealkylation sites (N-methyl/N-ethyl adjacent to an activating group) is 1. The Labute approximate surface area is 180 Å². The van der Waals surface area contributed by atoms with Crippen LogP contribution in [-0.4, -0.2) is 43.8 Å². The van der Waals surface area contributed by atoms with Gasteiger partial charge in [-0.2, -0.15) is 8.78 Å². The number of hydrogen-bond donors (Lipinski definition) is 0. The highest BCUT2D eigenvalue weighted by Crippen LogP contribution is 2.34. The van der Waals surface area contributed by atoms with Gasteiger partial charge in [-0.15, -0.1) is 0 Å². The van der Waals surface area contributed by atoms with Gasteiger partial charge in [0.05, 0.1) is 6.61 Å². The van der Waals surface area contributed by atoms with Crippen molar-refractivity contribution in [3.63, 3.8) is 0 Å². The largest absolute Gasteiger partial charge is 0.490 e. The molecule has 0 unspecified atom stereocenters. The molecule has 1 heterocycles. The number of nitrogens with zero attached hydrogens (tertiary/aromatic N) is 1. The van der Waals surface area contributed by atoms with Crippen LogP contribution in [-0.2, 0) is 11.3 Å². The molecule has 0 saturated heterocycles. The lowest BCUT2D eigenvalue weighted by Crippen LogP contribution is -2.29. The van der Waals surface area contributed by atoms with Crippen LogP contribution in [0.15, 0.2) is 42.5 Å². The molecule has 0 spiro atoms. The second-order valence-corrected chi connectivity index (χ2v) is 6.64. The summed E-state index contributed by atoms with van der Waals surface area (Å²) in [5.41, 5.74) is 1.50. The minimum atomic E-state index is -2.95. The van der Waals surface area contributed by atoms with Gasteiger partial charge in [0.15, 0.2) is 23.0 Å². The normalized spacial score (nSPS) is 12.8. The summed E-state index contributed by atoms with van der Waals surface area (Å²) in [5, 5.41) is 0. The lowest BCUT2D eigenvalue weighted by Gasteiger charge is -2.24.